The maximum absolute atomic E-state index is 4.12. The van der Waals surface area contributed by atoms with Crippen molar-refractivity contribution in [2.45, 2.75) is 26.3 Å². The van der Waals surface area contributed by atoms with E-state index in [2.05, 4.69) is 55.3 Å². The first kappa shape index (κ1) is 9.26. The number of halogens is 2. The lowest BCUT2D eigenvalue weighted by atomic mass is 10.3. The number of imidazole rings is 1. The Kier molecular flexibility index (Phi) is 3.13. The Labute approximate surface area is 83.3 Å². The summed E-state index contributed by atoms with van der Waals surface area (Å²) in [5.41, 5.74) is 0. The van der Waals surface area contributed by atoms with Crippen LogP contribution in [0, 0.1) is 0 Å². The molecule has 0 N–H and O–H groups in total. The molecule has 0 bridgehead atoms. The topological polar surface area (TPSA) is 17.8 Å². The van der Waals surface area contributed by atoms with Crippen LogP contribution in [0.1, 0.15) is 26.3 Å². The van der Waals surface area contributed by atoms with Gasteiger partial charge in [-0.05, 0) is 45.2 Å². The largest absolute Gasteiger partial charge is 0.310 e. The molecule has 0 saturated carbocycles. The molecule has 1 rings (SSSR count). The van der Waals surface area contributed by atoms with Gasteiger partial charge in [-0.3, -0.25) is 0 Å². The first-order valence-electron chi connectivity index (χ1n) is 3.55. The van der Waals surface area contributed by atoms with Gasteiger partial charge in [-0.25, -0.2) is 4.98 Å². The molecule has 0 spiro atoms. The second-order valence-corrected chi connectivity index (χ2v) is 4.00. The lowest BCUT2D eigenvalue weighted by molar-refractivity contribution is 0.512. The average molecular weight is 282 g/mol. The first-order valence-corrected chi connectivity index (χ1v) is 5.13. The molecular formula is C7H10Br2N2. The van der Waals surface area contributed by atoms with Crippen molar-refractivity contribution >= 4 is 31.9 Å². The Morgan fingerprint density at radius 3 is 2.64 bits per heavy atom. The molecule has 0 fully saturated rings. The Bertz CT molecular complexity index is 225. The van der Waals surface area contributed by atoms with Crippen LogP contribution in [0.15, 0.2) is 15.5 Å². The molecule has 11 heavy (non-hydrogen) atoms. The minimum Gasteiger partial charge on any atom is -0.310 e. The van der Waals surface area contributed by atoms with Gasteiger partial charge < -0.3 is 4.57 Å². The summed E-state index contributed by atoms with van der Waals surface area (Å²) in [4.78, 5) is 4.12. The highest BCUT2D eigenvalue weighted by Gasteiger charge is 2.09. The average Bonchev–Trinajstić information content (AvgIpc) is 2.30. The van der Waals surface area contributed by atoms with E-state index >= 15 is 0 Å². The molecule has 0 radical (unpaired) electrons. The molecule has 0 aromatic carbocycles. The van der Waals surface area contributed by atoms with Crippen LogP contribution in [0.4, 0.5) is 0 Å². The van der Waals surface area contributed by atoms with E-state index in [0.717, 1.165) is 15.8 Å². The molecule has 1 unspecified atom stereocenters. The van der Waals surface area contributed by atoms with Crippen molar-refractivity contribution in [3.63, 3.8) is 0 Å². The minimum absolute atomic E-state index is 0.487. The van der Waals surface area contributed by atoms with Crippen LogP contribution in [0.2, 0.25) is 0 Å². The zero-order valence-corrected chi connectivity index (χ0v) is 9.68. The predicted molar refractivity (Wildman–Crippen MR) is 52.6 cm³/mol. The molecule has 62 valence electrons. The lowest BCUT2D eigenvalue weighted by Crippen LogP contribution is -2.03. The molecule has 1 aromatic heterocycles. The SMILES string of the molecule is CCC(C)n1c(Br)cnc1Br. The van der Waals surface area contributed by atoms with Gasteiger partial charge in [0, 0.05) is 6.04 Å². The van der Waals surface area contributed by atoms with Crippen LogP contribution in [0.5, 0.6) is 0 Å². The van der Waals surface area contributed by atoms with E-state index in [1.807, 2.05) is 0 Å². The summed E-state index contributed by atoms with van der Waals surface area (Å²) in [6.45, 7) is 4.32. The highest BCUT2D eigenvalue weighted by Crippen LogP contribution is 2.24. The fourth-order valence-electron chi connectivity index (χ4n) is 0.894. The van der Waals surface area contributed by atoms with Gasteiger partial charge in [0.2, 0.25) is 0 Å². The second-order valence-electron chi connectivity index (χ2n) is 2.48. The molecule has 1 aromatic rings. The summed E-state index contributed by atoms with van der Waals surface area (Å²) in [5, 5.41) is 0. The van der Waals surface area contributed by atoms with Gasteiger partial charge in [0.05, 0.1) is 6.20 Å². The highest BCUT2D eigenvalue weighted by molar-refractivity contribution is 9.11. The van der Waals surface area contributed by atoms with E-state index in [0.29, 0.717) is 6.04 Å². The molecule has 1 atom stereocenters. The summed E-state index contributed by atoms with van der Waals surface area (Å²) in [6.07, 6.45) is 2.91. The van der Waals surface area contributed by atoms with Crippen molar-refractivity contribution in [3.05, 3.63) is 15.5 Å². The van der Waals surface area contributed by atoms with E-state index in [1.165, 1.54) is 0 Å². The maximum Gasteiger partial charge on any atom is 0.178 e. The Hall–Kier alpha value is 0.170. The number of hydrogen-bond acceptors (Lipinski definition) is 1. The van der Waals surface area contributed by atoms with Crippen molar-refractivity contribution in [2.75, 3.05) is 0 Å². The smallest absolute Gasteiger partial charge is 0.178 e. The molecule has 4 heteroatoms. The van der Waals surface area contributed by atoms with Crippen molar-refractivity contribution in [1.29, 1.82) is 0 Å². The van der Waals surface area contributed by atoms with E-state index in [-0.39, 0.29) is 0 Å². The van der Waals surface area contributed by atoms with E-state index in [1.54, 1.807) is 6.20 Å². The van der Waals surface area contributed by atoms with Gasteiger partial charge in [-0.1, -0.05) is 6.92 Å². The van der Waals surface area contributed by atoms with Crippen LogP contribution in [0.25, 0.3) is 0 Å². The normalized spacial score (nSPS) is 13.5. The van der Waals surface area contributed by atoms with Crippen LogP contribution < -0.4 is 0 Å². The number of hydrogen-bond donors (Lipinski definition) is 0. The van der Waals surface area contributed by atoms with Crippen molar-refractivity contribution in [1.82, 2.24) is 9.55 Å². The maximum atomic E-state index is 4.12. The zero-order chi connectivity index (χ0) is 8.43. The number of nitrogens with zero attached hydrogens (tertiary/aromatic N) is 2. The molecule has 0 aliphatic carbocycles. The molecule has 0 aliphatic rings. The van der Waals surface area contributed by atoms with Crippen molar-refractivity contribution < 1.29 is 0 Å². The Balaban J connectivity index is 3.00. The fraction of sp³-hybridized carbons (Fsp3) is 0.571. The molecule has 0 saturated heterocycles. The molecule has 0 amide bonds. The van der Waals surface area contributed by atoms with Gasteiger partial charge in [0.25, 0.3) is 0 Å². The van der Waals surface area contributed by atoms with Crippen molar-refractivity contribution in [2.24, 2.45) is 0 Å². The summed E-state index contributed by atoms with van der Waals surface area (Å²) >= 11 is 6.81. The fourth-order valence-corrected chi connectivity index (χ4v) is 2.39. The molecule has 2 nitrogen and oxygen atoms in total. The summed E-state index contributed by atoms with van der Waals surface area (Å²) < 4.78 is 4.03. The van der Waals surface area contributed by atoms with Gasteiger partial charge >= 0.3 is 0 Å². The van der Waals surface area contributed by atoms with Crippen molar-refractivity contribution in [3.8, 4) is 0 Å². The van der Waals surface area contributed by atoms with Gasteiger partial charge in [0.15, 0.2) is 4.73 Å². The third-order valence-electron chi connectivity index (χ3n) is 1.74. The Morgan fingerprint density at radius 1 is 1.64 bits per heavy atom. The first-order chi connectivity index (χ1) is 5.16. The third-order valence-corrected chi connectivity index (χ3v) is 2.91. The van der Waals surface area contributed by atoms with Crippen LogP contribution in [-0.2, 0) is 0 Å². The Morgan fingerprint density at radius 2 is 2.27 bits per heavy atom. The standard InChI is InChI=1S/C7H10Br2N2/c1-3-5(2)11-6(8)4-10-7(11)9/h4-5H,3H2,1-2H3. The summed E-state index contributed by atoms with van der Waals surface area (Å²) in [5.74, 6) is 0. The lowest BCUT2D eigenvalue weighted by Gasteiger charge is -2.12. The van der Waals surface area contributed by atoms with E-state index in [4.69, 9.17) is 0 Å². The second kappa shape index (κ2) is 3.72. The highest BCUT2D eigenvalue weighted by atomic mass is 79.9. The molecule has 1 heterocycles. The zero-order valence-electron chi connectivity index (χ0n) is 6.51. The van der Waals surface area contributed by atoms with Gasteiger partial charge in [-0.15, -0.1) is 0 Å². The van der Waals surface area contributed by atoms with Gasteiger partial charge in [-0.2, -0.15) is 0 Å². The number of aromatic nitrogens is 2. The van der Waals surface area contributed by atoms with E-state index in [9.17, 15) is 0 Å². The monoisotopic (exact) mass is 280 g/mol. The number of rotatable bonds is 2. The quantitative estimate of drug-likeness (QED) is 0.813. The van der Waals surface area contributed by atoms with Crippen LogP contribution in [0.3, 0.4) is 0 Å². The molecular weight excluding hydrogens is 272 g/mol. The predicted octanol–water partition coefficient (Wildman–Crippen LogP) is 3.38. The third kappa shape index (κ3) is 1.85. The van der Waals surface area contributed by atoms with Gasteiger partial charge in [0.1, 0.15) is 4.60 Å². The summed E-state index contributed by atoms with van der Waals surface area (Å²) in [6, 6.07) is 0.487. The van der Waals surface area contributed by atoms with Crippen LogP contribution in [-0.4, -0.2) is 9.55 Å². The summed E-state index contributed by atoms with van der Waals surface area (Å²) in [7, 11) is 0. The minimum atomic E-state index is 0.487. The molecule has 0 aliphatic heterocycles. The van der Waals surface area contributed by atoms with Crippen LogP contribution >= 0.6 is 31.9 Å². The van der Waals surface area contributed by atoms with E-state index < -0.39 is 0 Å².